The molecule has 1 aliphatic rings. The van der Waals surface area contributed by atoms with E-state index in [1.807, 2.05) is 42.5 Å². The Morgan fingerprint density at radius 2 is 1.66 bits per heavy atom. The summed E-state index contributed by atoms with van der Waals surface area (Å²) in [6, 6.07) is 17.3. The fraction of sp³-hybridized carbons (Fsp3) is 0.379. The number of aliphatic hydroxyl groups is 4. The number of thioether (sulfide) groups is 1. The van der Waals surface area contributed by atoms with Gasteiger partial charge in [0.15, 0.2) is 0 Å². The Balaban J connectivity index is 1.47. The van der Waals surface area contributed by atoms with E-state index in [1.165, 1.54) is 36.7 Å². The van der Waals surface area contributed by atoms with Crippen LogP contribution in [0, 0.1) is 0 Å². The van der Waals surface area contributed by atoms with E-state index in [2.05, 4.69) is 10.3 Å². The summed E-state index contributed by atoms with van der Waals surface area (Å²) < 4.78 is 48.7. The minimum Gasteiger partial charge on any atom is -0.394 e. The Hall–Kier alpha value is -3.00. The van der Waals surface area contributed by atoms with Gasteiger partial charge in [0.05, 0.1) is 29.2 Å². The van der Waals surface area contributed by atoms with Gasteiger partial charge in [0.1, 0.15) is 35.5 Å². The van der Waals surface area contributed by atoms with Crippen LogP contribution in [-0.2, 0) is 10.9 Å². The molecule has 1 aliphatic heterocycles. The molecule has 0 bridgehead atoms. The highest BCUT2D eigenvalue weighted by Gasteiger charge is 2.49. The number of aliphatic hydroxyl groups excluding tert-OH is 3. The molecule has 6 atom stereocenters. The van der Waals surface area contributed by atoms with Gasteiger partial charge in [-0.3, -0.25) is 0 Å². The van der Waals surface area contributed by atoms with Crippen LogP contribution in [-0.4, -0.2) is 71.4 Å². The fourth-order valence-electron chi connectivity index (χ4n) is 5.13. The molecule has 0 aliphatic carbocycles. The Morgan fingerprint density at radius 3 is 2.34 bits per heavy atom. The van der Waals surface area contributed by atoms with Crippen molar-refractivity contribution in [2.45, 2.75) is 60.7 Å². The average molecular weight is 590 g/mol. The molecule has 0 saturated carbocycles. The third kappa shape index (κ3) is 5.99. The van der Waals surface area contributed by atoms with E-state index < -0.39 is 59.0 Å². The SMILES string of the molecule is CC(C)(O)C(S[C@@H]1O[C@H](CO)[C@H](O)[C@H](n2cc(-c3ccc4ccccc4c3)nn2)[C@H]1O)c1ccccc1C(F)(F)F. The van der Waals surface area contributed by atoms with Crippen LogP contribution in [0.4, 0.5) is 13.2 Å². The largest absolute Gasteiger partial charge is 0.416 e. The van der Waals surface area contributed by atoms with Crippen LogP contribution in [0.5, 0.6) is 0 Å². The number of rotatable bonds is 7. The number of hydrogen-bond acceptors (Lipinski definition) is 8. The highest BCUT2D eigenvalue weighted by molar-refractivity contribution is 8.00. The lowest BCUT2D eigenvalue weighted by Gasteiger charge is -2.44. The fourth-order valence-corrected chi connectivity index (χ4v) is 6.62. The van der Waals surface area contributed by atoms with E-state index >= 15 is 0 Å². The van der Waals surface area contributed by atoms with Crippen molar-refractivity contribution in [1.82, 2.24) is 15.0 Å². The first-order chi connectivity index (χ1) is 19.4. The van der Waals surface area contributed by atoms with Crippen molar-refractivity contribution in [3.05, 3.63) is 84.1 Å². The van der Waals surface area contributed by atoms with Gasteiger partial charge in [-0.05, 0) is 42.3 Å². The zero-order chi connectivity index (χ0) is 29.5. The molecule has 0 spiro atoms. The van der Waals surface area contributed by atoms with Gasteiger partial charge in [-0.25, -0.2) is 4.68 Å². The molecule has 5 rings (SSSR count). The van der Waals surface area contributed by atoms with E-state index in [4.69, 9.17) is 4.74 Å². The molecule has 4 aromatic rings. The summed E-state index contributed by atoms with van der Waals surface area (Å²) in [6.45, 7) is 2.12. The molecule has 0 amide bonds. The van der Waals surface area contributed by atoms with Crippen LogP contribution in [0.15, 0.2) is 72.9 Å². The Bertz CT molecular complexity index is 1510. The highest BCUT2D eigenvalue weighted by atomic mass is 32.2. The summed E-state index contributed by atoms with van der Waals surface area (Å²) in [5.41, 5.74) is -2.80. The Labute approximate surface area is 238 Å². The lowest BCUT2D eigenvalue weighted by Crippen LogP contribution is -2.55. The molecular formula is C29H30F3N3O5S. The molecule has 1 aromatic heterocycles. The second-order valence-corrected chi connectivity index (χ2v) is 11.8. The molecule has 4 N–H and O–H groups in total. The summed E-state index contributed by atoms with van der Waals surface area (Å²) in [7, 11) is 0. The second kappa shape index (κ2) is 11.3. The van der Waals surface area contributed by atoms with Crippen molar-refractivity contribution < 1.29 is 38.3 Å². The van der Waals surface area contributed by atoms with Crippen LogP contribution < -0.4 is 0 Å². The highest BCUT2D eigenvalue weighted by Crippen LogP contribution is 2.49. The normalized spacial score (nSPS) is 24.5. The first-order valence-electron chi connectivity index (χ1n) is 13.0. The first kappa shape index (κ1) is 29.5. The number of hydrogen-bond donors (Lipinski definition) is 4. The van der Waals surface area contributed by atoms with Crippen LogP contribution in [0.25, 0.3) is 22.0 Å². The molecule has 1 unspecified atom stereocenters. The van der Waals surface area contributed by atoms with Crippen LogP contribution in [0.3, 0.4) is 0 Å². The maximum atomic E-state index is 13.9. The molecule has 1 fully saturated rings. The van der Waals surface area contributed by atoms with Crippen molar-refractivity contribution in [2.24, 2.45) is 0 Å². The Morgan fingerprint density at radius 1 is 0.976 bits per heavy atom. The van der Waals surface area contributed by atoms with Gasteiger partial charge in [-0.15, -0.1) is 16.9 Å². The summed E-state index contributed by atoms with van der Waals surface area (Å²) in [5.74, 6) is 0. The van der Waals surface area contributed by atoms with Gasteiger partial charge < -0.3 is 25.2 Å². The predicted molar refractivity (Wildman–Crippen MR) is 148 cm³/mol. The van der Waals surface area contributed by atoms with Crippen molar-refractivity contribution in [3.8, 4) is 11.3 Å². The number of benzene rings is 3. The maximum Gasteiger partial charge on any atom is 0.416 e. The number of nitrogens with zero attached hydrogens (tertiary/aromatic N) is 3. The van der Waals surface area contributed by atoms with Gasteiger partial charge in [-0.2, -0.15) is 13.2 Å². The molecule has 8 nitrogen and oxygen atoms in total. The summed E-state index contributed by atoms with van der Waals surface area (Å²) >= 11 is 0.782. The van der Waals surface area contributed by atoms with E-state index in [1.54, 1.807) is 6.20 Å². The van der Waals surface area contributed by atoms with E-state index in [0.29, 0.717) is 5.69 Å². The second-order valence-electron chi connectivity index (χ2n) is 10.6. The number of alkyl halides is 3. The van der Waals surface area contributed by atoms with Crippen LogP contribution in [0.2, 0.25) is 0 Å². The standard InChI is InChI=1S/C29H30F3N3O5S/c1-28(2,39)26(19-9-5-6-10-20(19)29(30,31)32)41-27-25(38)23(24(37)22(15-36)40-27)35-14-21(33-34-35)18-12-11-16-7-3-4-8-17(16)13-18/h3-14,22-27,36-39H,15H2,1-2H3/t22-,23+,24+,25-,26?,27+/m1/s1. The molecular weight excluding hydrogens is 559 g/mol. The molecule has 2 heterocycles. The molecule has 218 valence electrons. The van der Waals surface area contributed by atoms with E-state index in [0.717, 1.165) is 34.2 Å². The van der Waals surface area contributed by atoms with Gasteiger partial charge in [0.2, 0.25) is 0 Å². The summed E-state index contributed by atoms with van der Waals surface area (Å²) in [4.78, 5) is 0. The van der Waals surface area contributed by atoms with Crippen molar-refractivity contribution in [1.29, 1.82) is 0 Å². The zero-order valence-corrected chi connectivity index (χ0v) is 23.0. The number of fused-ring (bicyclic) bond motifs is 1. The molecule has 1 saturated heterocycles. The number of ether oxygens (including phenoxy) is 1. The van der Waals surface area contributed by atoms with Gasteiger partial charge in [-0.1, -0.05) is 59.8 Å². The first-order valence-corrected chi connectivity index (χ1v) is 13.9. The maximum absolute atomic E-state index is 13.9. The number of halogens is 3. The number of aromatic nitrogens is 3. The third-order valence-corrected chi connectivity index (χ3v) is 8.93. The lowest BCUT2D eigenvalue weighted by molar-refractivity contribution is -0.179. The van der Waals surface area contributed by atoms with E-state index in [-0.39, 0.29) is 5.56 Å². The van der Waals surface area contributed by atoms with Gasteiger partial charge >= 0.3 is 6.18 Å². The minimum atomic E-state index is -4.68. The quantitative estimate of drug-likeness (QED) is 0.251. The van der Waals surface area contributed by atoms with Gasteiger partial charge in [0.25, 0.3) is 0 Å². The zero-order valence-electron chi connectivity index (χ0n) is 22.2. The van der Waals surface area contributed by atoms with Crippen molar-refractivity contribution >= 4 is 22.5 Å². The third-order valence-electron chi connectivity index (χ3n) is 7.17. The molecule has 41 heavy (non-hydrogen) atoms. The topological polar surface area (TPSA) is 121 Å². The van der Waals surface area contributed by atoms with Gasteiger partial charge in [0, 0.05) is 5.56 Å². The molecule has 0 radical (unpaired) electrons. The van der Waals surface area contributed by atoms with Crippen molar-refractivity contribution in [3.63, 3.8) is 0 Å². The monoisotopic (exact) mass is 589 g/mol. The minimum absolute atomic E-state index is 0.184. The average Bonchev–Trinajstić information content (AvgIpc) is 3.41. The lowest BCUT2D eigenvalue weighted by atomic mass is 9.94. The van der Waals surface area contributed by atoms with Crippen LogP contribution >= 0.6 is 11.8 Å². The summed E-state index contributed by atoms with van der Waals surface area (Å²) in [5, 5.41) is 52.5. The molecule has 12 heteroatoms. The molecule has 3 aromatic carbocycles. The summed E-state index contributed by atoms with van der Waals surface area (Å²) in [6.07, 6.45) is -7.23. The van der Waals surface area contributed by atoms with Crippen molar-refractivity contribution in [2.75, 3.05) is 6.61 Å². The Kier molecular flexibility index (Phi) is 8.16. The smallest absolute Gasteiger partial charge is 0.394 e. The van der Waals surface area contributed by atoms with E-state index in [9.17, 15) is 33.6 Å². The van der Waals surface area contributed by atoms with Crippen LogP contribution in [0.1, 0.15) is 36.3 Å². The predicted octanol–water partition coefficient (Wildman–Crippen LogP) is 4.34.